The average Bonchev–Trinajstić information content (AvgIpc) is 2.53. The van der Waals surface area contributed by atoms with E-state index >= 15 is 0 Å². The van der Waals surface area contributed by atoms with E-state index in [1.807, 2.05) is 6.92 Å². The van der Waals surface area contributed by atoms with Crippen LogP contribution in [0.25, 0.3) is 0 Å². The Bertz CT molecular complexity index is 778. The Kier molecular flexibility index (Phi) is 5.79. The van der Waals surface area contributed by atoms with Crippen molar-refractivity contribution in [2.45, 2.75) is 57.0 Å². The smallest absolute Gasteiger partial charge is 0.289 e. The number of amides is 1. The molecule has 1 N–H and O–H groups in total. The zero-order valence-corrected chi connectivity index (χ0v) is 15.4. The third kappa shape index (κ3) is 4.16. The number of benzene rings is 1. The van der Waals surface area contributed by atoms with Gasteiger partial charge in [0.25, 0.3) is 5.69 Å². The summed E-state index contributed by atoms with van der Waals surface area (Å²) in [6.45, 7) is 5.48. The van der Waals surface area contributed by atoms with E-state index in [1.54, 1.807) is 4.90 Å². The van der Waals surface area contributed by atoms with Crippen LogP contribution in [0.15, 0.2) is 23.1 Å². The number of rotatable bonds is 5. The van der Waals surface area contributed by atoms with Gasteiger partial charge in [-0.15, -0.1) is 0 Å². The zero-order chi connectivity index (χ0) is 18.8. The highest BCUT2D eigenvalue weighted by atomic mass is 32.2. The largest absolute Gasteiger partial charge is 0.339 e. The average molecular weight is 369 g/mol. The van der Waals surface area contributed by atoms with Gasteiger partial charge in [0.15, 0.2) is 4.90 Å². The minimum atomic E-state index is -4.21. The number of sulfonamides is 1. The molecule has 1 amide bonds. The van der Waals surface area contributed by atoms with Crippen molar-refractivity contribution in [3.63, 3.8) is 0 Å². The van der Waals surface area contributed by atoms with Crippen LogP contribution in [-0.2, 0) is 14.8 Å². The lowest BCUT2D eigenvalue weighted by molar-refractivity contribution is -0.387. The highest BCUT2D eigenvalue weighted by molar-refractivity contribution is 7.89. The summed E-state index contributed by atoms with van der Waals surface area (Å²) in [5, 5.41) is 11.2. The summed E-state index contributed by atoms with van der Waals surface area (Å²) in [5.41, 5.74) is -0.244. The Balaban J connectivity index is 2.27. The van der Waals surface area contributed by atoms with Crippen molar-refractivity contribution in [1.29, 1.82) is 0 Å². The molecule has 0 aromatic heterocycles. The minimum Gasteiger partial charge on any atom is -0.339 e. The van der Waals surface area contributed by atoms with Crippen molar-refractivity contribution >= 4 is 21.6 Å². The van der Waals surface area contributed by atoms with Gasteiger partial charge in [0.1, 0.15) is 0 Å². The number of hydrogen-bond donors (Lipinski definition) is 1. The molecule has 1 aromatic carbocycles. The van der Waals surface area contributed by atoms with Crippen LogP contribution in [-0.4, -0.2) is 42.8 Å². The Morgan fingerprint density at radius 1 is 1.40 bits per heavy atom. The number of hydrogen-bond acceptors (Lipinski definition) is 5. The molecule has 0 spiro atoms. The van der Waals surface area contributed by atoms with E-state index in [0.29, 0.717) is 6.54 Å². The van der Waals surface area contributed by atoms with Crippen LogP contribution in [0.5, 0.6) is 0 Å². The van der Waals surface area contributed by atoms with Gasteiger partial charge in [-0.05, 0) is 45.6 Å². The van der Waals surface area contributed by atoms with Crippen molar-refractivity contribution < 1.29 is 18.1 Å². The van der Waals surface area contributed by atoms with Crippen molar-refractivity contribution in [3.8, 4) is 0 Å². The normalized spacial score (nSPS) is 19.5. The van der Waals surface area contributed by atoms with Crippen LogP contribution in [0, 0.1) is 17.0 Å². The molecule has 1 saturated heterocycles. The highest BCUT2D eigenvalue weighted by Gasteiger charge is 2.33. The van der Waals surface area contributed by atoms with Gasteiger partial charge in [-0.1, -0.05) is 12.1 Å². The molecule has 0 saturated carbocycles. The van der Waals surface area contributed by atoms with Crippen LogP contribution < -0.4 is 4.72 Å². The van der Waals surface area contributed by atoms with Crippen molar-refractivity contribution in [3.05, 3.63) is 33.9 Å². The van der Waals surface area contributed by atoms with Gasteiger partial charge in [0, 0.05) is 18.7 Å². The Hall–Kier alpha value is -2.00. The Morgan fingerprint density at radius 2 is 2.08 bits per heavy atom. The molecule has 8 nitrogen and oxygen atoms in total. The molecule has 1 fully saturated rings. The van der Waals surface area contributed by atoms with Crippen LogP contribution in [0.4, 0.5) is 5.69 Å². The standard InChI is InChI=1S/C16H23N3O5S/c1-11-7-6-9-14(19(21)22)15(11)25(23,24)17-13(3)16(20)18-10-5-4-8-12(18)2/h6-7,9,12-13,17H,4-5,8,10H2,1-3H3. The van der Waals surface area contributed by atoms with E-state index in [1.165, 1.54) is 26.0 Å². The molecule has 25 heavy (non-hydrogen) atoms. The molecule has 1 aliphatic rings. The number of carbonyl (C=O) groups excluding carboxylic acids is 1. The number of carbonyl (C=O) groups is 1. The second-order valence-electron chi connectivity index (χ2n) is 6.40. The first-order valence-electron chi connectivity index (χ1n) is 8.22. The molecule has 0 aliphatic carbocycles. The van der Waals surface area contributed by atoms with Crippen LogP contribution in [0.1, 0.15) is 38.7 Å². The first-order valence-corrected chi connectivity index (χ1v) is 9.70. The highest BCUT2D eigenvalue weighted by Crippen LogP contribution is 2.27. The quantitative estimate of drug-likeness (QED) is 0.630. The monoisotopic (exact) mass is 369 g/mol. The maximum Gasteiger partial charge on any atom is 0.289 e. The summed E-state index contributed by atoms with van der Waals surface area (Å²) in [6.07, 6.45) is 2.81. The second kappa shape index (κ2) is 7.49. The van der Waals surface area contributed by atoms with E-state index in [0.717, 1.165) is 25.3 Å². The predicted molar refractivity (Wildman–Crippen MR) is 92.6 cm³/mol. The topological polar surface area (TPSA) is 110 Å². The lowest BCUT2D eigenvalue weighted by atomic mass is 10.0. The maximum absolute atomic E-state index is 12.7. The van der Waals surface area contributed by atoms with Crippen LogP contribution >= 0.6 is 0 Å². The summed E-state index contributed by atoms with van der Waals surface area (Å²) in [5.74, 6) is -0.313. The van der Waals surface area contributed by atoms with E-state index in [-0.39, 0.29) is 17.5 Å². The lowest BCUT2D eigenvalue weighted by Gasteiger charge is -2.35. The summed E-state index contributed by atoms with van der Waals surface area (Å²) in [6, 6.07) is 3.11. The minimum absolute atomic E-state index is 0.0565. The van der Waals surface area contributed by atoms with Gasteiger partial charge >= 0.3 is 0 Å². The summed E-state index contributed by atoms with van der Waals surface area (Å²) in [7, 11) is -4.21. The summed E-state index contributed by atoms with van der Waals surface area (Å²) in [4.78, 5) is 24.3. The van der Waals surface area contributed by atoms with Crippen molar-refractivity contribution in [2.24, 2.45) is 0 Å². The summed E-state index contributed by atoms with van der Waals surface area (Å²) >= 11 is 0. The maximum atomic E-state index is 12.7. The van der Waals surface area contributed by atoms with Crippen LogP contribution in [0.3, 0.4) is 0 Å². The lowest BCUT2D eigenvalue weighted by Crippen LogP contribution is -2.51. The first-order chi connectivity index (χ1) is 11.6. The molecule has 9 heteroatoms. The number of piperidine rings is 1. The third-order valence-corrected chi connectivity index (χ3v) is 6.18. The Morgan fingerprint density at radius 3 is 2.68 bits per heavy atom. The molecule has 2 unspecified atom stereocenters. The fraction of sp³-hybridized carbons (Fsp3) is 0.562. The summed E-state index contributed by atoms with van der Waals surface area (Å²) < 4.78 is 27.6. The first kappa shape index (κ1) is 19.3. The number of nitrogens with zero attached hydrogens (tertiary/aromatic N) is 2. The molecular weight excluding hydrogens is 346 g/mol. The van der Waals surface area contributed by atoms with E-state index < -0.39 is 31.6 Å². The molecule has 1 heterocycles. The molecule has 1 aromatic rings. The fourth-order valence-electron chi connectivity index (χ4n) is 3.15. The van der Waals surface area contributed by atoms with Gasteiger partial charge in [0.05, 0.1) is 11.0 Å². The number of nitro benzene ring substituents is 1. The number of likely N-dealkylation sites (tertiary alicyclic amines) is 1. The molecule has 0 radical (unpaired) electrons. The van der Waals surface area contributed by atoms with Crippen molar-refractivity contribution in [1.82, 2.24) is 9.62 Å². The van der Waals surface area contributed by atoms with Gasteiger partial charge in [0.2, 0.25) is 15.9 Å². The van der Waals surface area contributed by atoms with E-state index in [4.69, 9.17) is 0 Å². The van der Waals surface area contributed by atoms with Gasteiger partial charge in [-0.3, -0.25) is 14.9 Å². The molecule has 1 aliphatic heterocycles. The predicted octanol–water partition coefficient (Wildman–Crippen LogP) is 1.97. The molecular formula is C16H23N3O5S. The Labute approximate surface area is 147 Å². The molecule has 2 atom stereocenters. The van der Waals surface area contributed by atoms with Crippen LogP contribution in [0.2, 0.25) is 0 Å². The molecule has 0 bridgehead atoms. The molecule has 2 rings (SSSR count). The van der Waals surface area contributed by atoms with Crippen molar-refractivity contribution in [2.75, 3.05) is 6.54 Å². The SMILES string of the molecule is Cc1cccc([N+](=O)[O-])c1S(=O)(=O)NC(C)C(=O)N1CCCCC1C. The fourth-order valence-corrected chi connectivity index (χ4v) is 4.74. The number of nitro groups is 1. The third-order valence-electron chi connectivity index (χ3n) is 4.44. The van der Waals surface area contributed by atoms with Gasteiger partial charge in [-0.25, -0.2) is 8.42 Å². The number of nitrogens with one attached hydrogen (secondary N) is 1. The van der Waals surface area contributed by atoms with Gasteiger partial charge in [-0.2, -0.15) is 4.72 Å². The zero-order valence-electron chi connectivity index (χ0n) is 14.6. The second-order valence-corrected chi connectivity index (χ2v) is 8.05. The van der Waals surface area contributed by atoms with E-state index in [9.17, 15) is 23.3 Å². The molecule has 138 valence electrons. The van der Waals surface area contributed by atoms with Gasteiger partial charge < -0.3 is 4.90 Å². The van der Waals surface area contributed by atoms with E-state index in [2.05, 4.69) is 4.72 Å². The number of aryl methyl sites for hydroxylation is 1.